The van der Waals surface area contributed by atoms with Crippen LogP contribution in [0.2, 0.25) is 0 Å². The first-order valence-corrected chi connectivity index (χ1v) is 6.53. The molecule has 5 nitrogen and oxygen atoms in total. The average Bonchev–Trinajstić information content (AvgIpc) is 3.07. The molecule has 1 aromatic carbocycles. The second-order valence-electron chi connectivity index (χ2n) is 4.66. The maximum Gasteiger partial charge on any atom is 0.0988 e. The molecule has 0 amide bonds. The molecule has 0 aliphatic rings. The third-order valence-corrected chi connectivity index (χ3v) is 3.15. The Balaban J connectivity index is 1.96. The van der Waals surface area contributed by atoms with E-state index >= 15 is 0 Å². The van der Waals surface area contributed by atoms with Gasteiger partial charge in [0.15, 0.2) is 0 Å². The Labute approximate surface area is 117 Å². The molecule has 0 aliphatic carbocycles. The zero-order valence-electron chi connectivity index (χ0n) is 11.3. The van der Waals surface area contributed by atoms with Gasteiger partial charge in [-0.05, 0) is 24.6 Å². The van der Waals surface area contributed by atoms with Crippen LogP contribution in [0.5, 0.6) is 0 Å². The number of aliphatic hydroxyl groups excluding tert-OH is 1. The van der Waals surface area contributed by atoms with E-state index in [1.54, 1.807) is 10.9 Å². The van der Waals surface area contributed by atoms with Crippen molar-refractivity contribution in [1.82, 2.24) is 19.6 Å². The van der Waals surface area contributed by atoms with Crippen LogP contribution in [-0.2, 0) is 6.54 Å². The number of hydrogen-bond acceptors (Lipinski definition) is 3. The molecule has 0 atom stereocenters. The summed E-state index contributed by atoms with van der Waals surface area (Å²) in [6.07, 6.45) is 5.69. The highest BCUT2D eigenvalue weighted by Crippen LogP contribution is 2.22. The minimum atomic E-state index is 0.0819. The van der Waals surface area contributed by atoms with E-state index < -0.39 is 0 Å². The third kappa shape index (κ3) is 2.35. The lowest BCUT2D eigenvalue weighted by molar-refractivity contribution is 0.269. The number of nitrogens with zero attached hydrogens (tertiary/aromatic N) is 4. The molecule has 2 heterocycles. The number of rotatable bonds is 4. The van der Waals surface area contributed by atoms with Gasteiger partial charge in [-0.2, -0.15) is 10.2 Å². The van der Waals surface area contributed by atoms with Crippen molar-refractivity contribution < 1.29 is 5.11 Å². The molecule has 0 unspecified atom stereocenters. The monoisotopic (exact) mass is 268 g/mol. The normalized spacial score (nSPS) is 10.9. The summed E-state index contributed by atoms with van der Waals surface area (Å²) in [6.45, 7) is 2.61. The minimum Gasteiger partial charge on any atom is -0.394 e. The Kier molecular flexibility index (Phi) is 3.35. The van der Waals surface area contributed by atoms with Gasteiger partial charge in [-0.15, -0.1) is 0 Å². The van der Waals surface area contributed by atoms with Crippen LogP contribution in [0.25, 0.3) is 16.9 Å². The first-order valence-electron chi connectivity index (χ1n) is 6.53. The first kappa shape index (κ1) is 12.6. The van der Waals surface area contributed by atoms with Crippen LogP contribution in [0, 0.1) is 6.92 Å². The Morgan fingerprint density at radius 3 is 2.70 bits per heavy atom. The van der Waals surface area contributed by atoms with Gasteiger partial charge in [0.25, 0.3) is 0 Å². The molecule has 3 aromatic rings. The van der Waals surface area contributed by atoms with Crippen LogP contribution in [0.15, 0.2) is 48.9 Å². The lowest BCUT2D eigenvalue weighted by atomic mass is 10.2. The zero-order chi connectivity index (χ0) is 13.9. The van der Waals surface area contributed by atoms with Gasteiger partial charge in [-0.25, -0.2) is 4.68 Å². The molecule has 2 aromatic heterocycles. The Morgan fingerprint density at radius 1 is 1.15 bits per heavy atom. The van der Waals surface area contributed by atoms with Gasteiger partial charge in [0.05, 0.1) is 30.7 Å². The topological polar surface area (TPSA) is 55.9 Å². The van der Waals surface area contributed by atoms with E-state index in [1.165, 1.54) is 0 Å². The van der Waals surface area contributed by atoms with Crippen molar-refractivity contribution in [3.05, 3.63) is 54.5 Å². The first-order chi connectivity index (χ1) is 9.78. The average molecular weight is 268 g/mol. The fourth-order valence-corrected chi connectivity index (χ4v) is 2.17. The van der Waals surface area contributed by atoms with Crippen LogP contribution in [0.4, 0.5) is 0 Å². The van der Waals surface area contributed by atoms with Crippen molar-refractivity contribution in [2.45, 2.75) is 13.5 Å². The molecule has 5 heteroatoms. The van der Waals surface area contributed by atoms with Crippen molar-refractivity contribution >= 4 is 0 Å². The largest absolute Gasteiger partial charge is 0.394 e. The summed E-state index contributed by atoms with van der Waals surface area (Å²) >= 11 is 0. The van der Waals surface area contributed by atoms with E-state index in [4.69, 9.17) is 5.11 Å². The fraction of sp³-hybridized carbons (Fsp3) is 0.200. The van der Waals surface area contributed by atoms with Gasteiger partial charge in [0.1, 0.15) is 0 Å². The summed E-state index contributed by atoms with van der Waals surface area (Å²) in [4.78, 5) is 0. The number of aryl methyl sites for hydroxylation is 1. The van der Waals surface area contributed by atoms with Crippen LogP contribution < -0.4 is 0 Å². The van der Waals surface area contributed by atoms with E-state index in [0.717, 1.165) is 22.5 Å². The molecule has 0 bridgehead atoms. The Hall–Kier alpha value is -2.40. The van der Waals surface area contributed by atoms with Gasteiger partial charge in [-0.3, -0.25) is 4.68 Å². The second kappa shape index (κ2) is 5.30. The van der Waals surface area contributed by atoms with E-state index in [2.05, 4.69) is 10.2 Å². The highest BCUT2D eigenvalue weighted by molar-refractivity contribution is 5.61. The third-order valence-electron chi connectivity index (χ3n) is 3.15. The van der Waals surface area contributed by atoms with Crippen molar-refractivity contribution in [2.75, 3.05) is 6.61 Å². The molecule has 102 valence electrons. The molecule has 1 N–H and O–H groups in total. The smallest absolute Gasteiger partial charge is 0.0988 e. The summed E-state index contributed by atoms with van der Waals surface area (Å²) < 4.78 is 3.59. The van der Waals surface area contributed by atoms with Gasteiger partial charge in [-0.1, -0.05) is 18.2 Å². The van der Waals surface area contributed by atoms with Gasteiger partial charge in [0, 0.05) is 18.0 Å². The molecule has 20 heavy (non-hydrogen) atoms. The molecule has 0 saturated heterocycles. The molecule has 0 saturated carbocycles. The van der Waals surface area contributed by atoms with Crippen LogP contribution >= 0.6 is 0 Å². The number of aromatic nitrogens is 4. The van der Waals surface area contributed by atoms with Gasteiger partial charge in [0.2, 0.25) is 0 Å². The van der Waals surface area contributed by atoms with Crippen molar-refractivity contribution in [3.8, 4) is 16.9 Å². The summed E-state index contributed by atoms with van der Waals surface area (Å²) in [5.41, 5.74) is 4.01. The highest BCUT2D eigenvalue weighted by Gasteiger charge is 2.10. The predicted octanol–water partition coefficient (Wildman–Crippen LogP) is 2.04. The van der Waals surface area contributed by atoms with E-state index in [9.17, 15) is 0 Å². The predicted molar refractivity (Wildman–Crippen MR) is 76.6 cm³/mol. The van der Waals surface area contributed by atoms with Crippen molar-refractivity contribution in [1.29, 1.82) is 0 Å². The van der Waals surface area contributed by atoms with Crippen molar-refractivity contribution in [2.24, 2.45) is 0 Å². The zero-order valence-corrected chi connectivity index (χ0v) is 11.3. The summed E-state index contributed by atoms with van der Waals surface area (Å²) in [7, 11) is 0. The SMILES string of the molecule is Cc1cn(-c2ccccc2)nc1-c1cnn(CCO)c1. The van der Waals surface area contributed by atoms with E-state index in [1.807, 2.05) is 54.3 Å². The molecular formula is C15H16N4O. The lowest BCUT2D eigenvalue weighted by Crippen LogP contribution is -2.01. The van der Waals surface area contributed by atoms with E-state index in [0.29, 0.717) is 6.54 Å². The van der Waals surface area contributed by atoms with Crippen LogP contribution in [-0.4, -0.2) is 31.3 Å². The van der Waals surface area contributed by atoms with Gasteiger partial charge < -0.3 is 5.11 Å². The lowest BCUT2D eigenvalue weighted by Gasteiger charge is -1.99. The van der Waals surface area contributed by atoms with Crippen molar-refractivity contribution in [3.63, 3.8) is 0 Å². The molecule has 0 fully saturated rings. The Bertz CT molecular complexity index is 700. The highest BCUT2D eigenvalue weighted by atomic mass is 16.3. The van der Waals surface area contributed by atoms with Crippen LogP contribution in [0.1, 0.15) is 5.56 Å². The maximum atomic E-state index is 8.93. The number of para-hydroxylation sites is 1. The summed E-state index contributed by atoms with van der Waals surface area (Å²) in [5.74, 6) is 0. The number of hydrogen-bond donors (Lipinski definition) is 1. The minimum absolute atomic E-state index is 0.0819. The molecule has 0 aliphatic heterocycles. The quantitative estimate of drug-likeness (QED) is 0.787. The summed E-state index contributed by atoms with van der Waals surface area (Å²) in [6, 6.07) is 10.0. The van der Waals surface area contributed by atoms with Crippen LogP contribution in [0.3, 0.4) is 0 Å². The molecule has 0 spiro atoms. The summed E-state index contributed by atoms with van der Waals surface area (Å²) in [5, 5.41) is 17.8. The standard InChI is InChI=1S/C15H16N4O/c1-12-10-19(14-5-3-2-4-6-14)17-15(12)13-9-16-18(11-13)7-8-20/h2-6,9-11,20H,7-8H2,1H3. The van der Waals surface area contributed by atoms with E-state index in [-0.39, 0.29) is 6.61 Å². The number of benzene rings is 1. The maximum absolute atomic E-state index is 8.93. The fourth-order valence-electron chi connectivity index (χ4n) is 2.17. The van der Waals surface area contributed by atoms with Gasteiger partial charge >= 0.3 is 0 Å². The molecule has 0 radical (unpaired) electrons. The number of aliphatic hydroxyl groups is 1. The second-order valence-corrected chi connectivity index (χ2v) is 4.66. The molecular weight excluding hydrogens is 252 g/mol. The Morgan fingerprint density at radius 2 is 1.95 bits per heavy atom. The molecule has 3 rings (SSSR count).